The Hall–Kier alpha value is -3.79. The number of hydrogen-bond donors (Lipinski definition) is 0. The molecule has 0 saturated carbocycles. The Labute approximate surface area is 184 Å². The average molecular weight is 450 g/mol. The van der Waals surface area contributed by atoms with Crippen molar-refractivity contribution in [3.63, 3.8) is 0 Å². The van der Waals surface area contributed by atoms with E-state index in [1.165, 1.54) is 23.5 Å². The van der Waals surface area contributed by atoms with Crippen LogP contribution in [0.4, 0.5) is 5.69 Å². The quantitative estimate of drug-likeness (QED) is 0.549. The molecule has 0 atom stereocenters. The molecular weight excluding hydrogens is 432 g/mol. The highest BCUT2D eigenvalue weighted by molar-refractivity contribution is 7.92. The van der Waals surface area contributed by atoms with E-state index in [1.54, 1.807) is 24.5 Å². The zero-order valence-corrected chi connectivity index (χ0v) is 17.9. The lowest BCUT2D eigenvalue weighted by atomic mass is 10.0. The van der Waals surface area contributed by atoms with Crippen molar-refractivity contribution in [2.45, 2.75) is 17.7 Å². The number of oxime groups is 1. The highest BCUT2D eigenvalue weighted by Gasteiger charge is 2.31. The lowest BCUT2D eigenvalue weighted by Crippen LogP contribution is -2.29. The molecule has 1 aromatic heterocycles. The number of carbonyl (C=O) groups excluding carboxylic acids is 1. The van der Waals surface area contributed by atoms with Gasteiger partial charge in [0.2, 0.25) is 0 Å². The molecule has 0 aliphatic carbocycles. The van der Waals surface area contributed by atoms with Crippen molar-refractivity contribution in [1.82, 2.24) is 9.97 Å². The zero-order valence-electron chi connectivity index (χ0n) is 17.1. The van der Waals surface area contributed by atoms with Gasteiger partial charge in [-0.25, -0.2) is 23.2 Å². The zero-order chi connectivity index (χ0) is 22.3. The third-order valence-electron chi connectivity index (χ3n) is 5.42. The average Bonchev–Trinajstić information content (AvgIpc) is 3.45. The molecule has 9 nitrogen and oxygen atoms in total. The molecule has 5 rings (SSSR count). The van der Waals surface area contributed by atoms with Crippen molar-refractivity contribution < 1.29 is 22.8 Å². The number of ether oxygens (including phenoxy) is 1. The summed E-state index contributed by atoms with van der Waals surface area (Å²) in [5.74, 6) is -0.425. The first kappa shape index (κ1) is 20.1. The molecular formula is C22H18N4O5S. The van der Waals surface area contributed by atoms with Crippen LogP contribution in [0.15, 0.2) is 64.9 Å². The van der Waals surface area contributed by atoms with E-state index in [0.29, 0.717) is 29.9 Å². The maximum Gasteiger partial charge on any atom is 0.341 e. The lowest BCUT2D eigenvalue weighted by molar-refractivity contribution is -0.140. The van der Waals surface area contributed by atoms with Gasteiger partial charge in [-0.15, -0.1) is 0 Å². The number of sulfonamides is 1. The Morgan fingerprint density at radius 2 is 1.72 bits per heavy atom. The second-order valence-electron chi connectivity index (χ2n) is 7.33. The molecule has 2 aliphatic rings. The standard InChI is InChI=1S/C22H18N4O5S/c1-30-22-23-12-17(13-24-22)15-4-7-20-16(10-15)8-9-26(20)32(28,29)18-5-2-14(3-6-18)19-11-21(27)31-25-19/h2-7,10,12-13H,8-9,11H2,1H3. The Morgan fingerprint density at radius 1 is 1.00 bits per heavy atom. The molecule has 3 heterocycles. The van der Waals surface area contributed by atoms with Gasteiger partial charge in [0.15, 0.2) is 0 Å². The van der Waals surface area contributed by atoms with E-state index in [0.717, 1.165) is 16.7 Å². The molecule has 0 radical (unpaired) electrons. The molecule has 0 N–H and O–H groups in total. The van der Waals surface area contributed by atoms with Crippen molar-refractivity contribution in [2.24, 2.45) is 5.16 Å². The molecule has 2 aliphatic heterocycles. The summed E-state index contributed by atoms with van der Waals surface area (Å²) >= 11 is 0. The summed E-state index contributed by atoms with van der Waals surface area (Å²) in [5, 5.41) is 3.72. The fraction of sp³-hybridized carbons (Fsp3) is 0.182. The number of nitrogens with zero attached hydrogens (tertiary/aromatic N) is 4. The third kappa shape index (κ3) is 3.48. The molecule has 162 valence electrons. The lowest BCUT2D eigenvalue weighted by Gasteiger charge is -2.20. The van der Waals surface area contributed by atoms with Crippen molar-refractivity contribution in [1.29, 1.82) is 0 Å². The SMILES string of the molecule is COc1ncc(-c2ccc3c(c2)CCN3S(=O)(=O)c2ccc(C3=NOC(=O)C3)cc2)cn1. The van der Waals surface area contributed by atoms with Crippen molar-refractivity contribution in [2.75, 3.05) is 18.0 Å². The fourth-order valence-electron chi connectivity index (χ4n) is 3.78. The first-order chi connectivity index (χ1) is 15.5. The molecule has 2 aromatic carbocycles. The normalized spacial score (nSPS) is 15.3. The number of fused-ring (bicyclic) bond motifs is 1. The number of anilines is 1. The molecule has 10 heteroatoms. The molecule has 0 spiro atoms. The van der Waals surface area contributed by atoms with Gasteiger partial charge in [-0.3, -0.25) is 4.31 Å². The molecule has 0 fully saturated rings. The highest BCUT2D eigenvalue weighted by atomic mass is 32.2. The van der Waals surface area contributed by atoms with Crippen LogP contribution < -0.4 is 9.04 Å². The van der Waals surface area contributed by atoms with Crippen molar-refractivity contribution >= 4 is 27.4 Å². The molecule has 0 bridgehead atoms. The topological polar surface area (TPSA) is 111 Å². The monoisotopic (exact) mass is 450 g/mol. The van der Waals surface area contributed by atoms with Gasteiger partial charge in [0, 0.05) is 30.1 Å². The molecule has 32 heavy (non-hydrogen) atoms. The molecule has 0 unspecified atom stereocenters. The predicted octanol–water partition coefficient (Wildman–Crippen LogP) is 2.55. The van der Waals surface area contributed by atoms with Crippen LogP contribution in [0.5, 0.6) is 6.01 Å². The van der Waals surface area contributed by atoms with E-state index < -0.39 is 16.0 Å². The van der Waals surface area contributed by atoms with Gasteiger partial charge in [0.25, 0.3) is 10.0 Å². The third-order valence-corrected chi connectivity index (χ3v) is 7.25. The summed E-state index contributed by atoms with van der Waals surface area (Å²) in [6.45, 7) is 0.358. The first-order valence-corrected chi connectivity index (χ1v) is 11.3. The molecule has 3 aromatic rings. The first-order valence-electron chi connectivity index (χ1n) is 9.85. The summed E-state index contributed by atoms with van der Waals surface area (Å²) in [6, 6.07) is 12.2. The van der Waals surface area contributed by atoms with Crippen LogP contribution in [0.3, 0.4) is 0 Å². The van der Waals surface area contributed by atoms with Gasteiger partial charge >= 0.3 is 12.0 Å². The smallest absolute Gasteiger partial charge is 0.341 e. The van der Waals surface area contributed by atoms with Crippen LogP contribution in [-0.4, -0.2) is 43.7 Å². The fourth-order valence-corrected chi connectivity index (χ4v) is 5.28. The number of carbonyl (C=O) groups is 1. The summed E-state index contributed by atoms with van der Waals surface area (Å²) in [7, 11) is -2.23. The van der Waals surface area contributed by atoms with Gasteiger partial charge in [0.05, 0.1) is 29.8 Å². The van der Waals surface area contributed by atoms with Gasteiger partial charge in [0.1, 0.15) is 0 Å². The van der Waals surface area contributed by atoms with Crippen LogP contribution in [0.2, 0.25) is 0 Å². The van der Waals surface area contributed by atoms with E-state index in [9.17, 15) is 13.2 Å². The number of methoxy groups -OCH3 is 1. The molecule has 0 amide bonds. The van der Waals surface area contributed by atoms with E-state index in [1.807, 2.05) is 18.2 Å². The number of benzene rings is 2. The van der Waals surface area contributed by atoms with E-state index >= 15 is 0 Å². The van der Waals surface area contributed by atoms with Crippen molar-refractivity contribution in [3.8, 4) is 17.1 Å². The predicted molar refractivity (Wildman–Crippen MR) is 116 cm³/mol. The second kappa shape index (κ2) is 7.72. The summed E-state index contributed by atoms with van der Waals surface area (Å²) in [5.41, 5.74) is 4.47. The van der Waals surface area contributed by atoms with E-state index in [4.69, 9.17) is 4.74 Å². The van der Waals surface area contributed by atoms with Crippen LogP contribution in [0, 0.1) is 0 Å². The van der Waals surface area contributed by atoms with Gasteiger partial charge in [-0.1, -0.05) is 23.4 Å². The maximum absolute atomic E-state index is 13.3. The minimum atomic E-state index is -3.74. The summed E-state index contributed by atoms with van der Waals surface area (Å²) in [6.07, 6.45) is 4.03. The number of hydrogen-bond acceptors (Lipinski definition) is 8. The summed E-state index contributed by atoms with van der Waals surface area (Å²) < 4.78 is 33.0. The summed E-state index contributed by atoms with van der Waals surface area (Å²) in [4.78, 5) is 24.3. The van der Waals surface area contributed by atoms with Crippen LogP contribution >= 0.6 is 0 Å². The number of rotatable bonds is 5. The van der Waals surface area contributed by atoms with Gasteiger partial charge in [-0.05, 0) is 41.8 Å². The van der Waals surface area contributed by atoms with Crippen LogP contribution in [0.1, 0.15) is 17.5 Å². The van der Waals surface area contributed by atoms with E-state index in [2.05, 4.69) is 20.0 Å². The Kier molecular flexibility index (Phi) is 4.86. The number of aromatic nitrogens is 2. The Bertz CT molecular complexity index is 1340. The Morgan fingerprint density at radius 3 is 2.38 bits per heavy atom. The van der Waals surface area contributed by atoms with Crippen LogP contribution in [-0.2, 0) is 26.1 Å². The van der Waals surface area contributed by atoms with Crippen LogP contribution in [0.25, 0.3) is 11.1 Å². The second-order valence-corrected chi connectivity index (χ2v) is 9.19. The highest BCUT2D eigenvalue weighted by Crippen LogP contribution is 2.35. The largest absolute Gasteiger partial charge is 0.467 e. The van der Waals surface area contributed by atoms with E-state index in [-0.39, 0.29) is 17.3 Å². The maximum atomic E-state index is 13.3. The van der Waals surface area contributed by atoms with Gasteiger partial charge in [-0.2, -0.15) is 0 Å². The minimum Gasteiger partial charge on any atom is -0.467 e. The molecule has 0 saturated heterocycles. The Balaban J connectivity index is 1.41. The van der Waals surface area contributed by atoms with Crippen molar-refractivity contribution in [3.05, 3.63) is 66.0 Å². The minimum absolute atomic E-state index is 0.0766. The van der Waals surface area contributed by atoms with Gasteiger partial charge < -0.3 is 9.57 Å².